The second-order valence-electron chi connectivity index (χ2n) is 14.0. The van der Waals surface area contributed by atoms with Gasteiger partial charge in [-0.3, -0.25) is 9.59 Å². The van der Waals surface area contributed by atoms with Gasteiger partial charge in [-0.15, -0.1) is 0 Å². The number of allylic oxidation sites excluding steroid dienone is 1. The van der Waals surface area contributed by atoms with Crippen LogP contribution in [0, 0.1) is 5.92 Å². The predicted octanol–water partition coefficient (Wildman–Crippen LogP) is 5.27. The minimum absolute atomic E-state index is 0.104. The van der Waals surface area contributed by atoms with Gasteiger partial charge in [0.1, 0.15) is 35.1 Å². The fourth-order valence-electron chi connectivity index (χ4n) is 7.65. The van der Waals surface area contributed by atoms with Crippen LogP contribution >= 0.6 is 0 Å². The Morgan fingerprint density at radius 3 is 2.16 bits per heavy atom. The molecule has 2 saturated carbocycles. The number of rotatable bonds is 6. The zero-order valence-corrected chi connectivity index (χ0v) is 28.1. The second-order valence-corrected chi connectivity index (χ2v) is 14.0. The number of hydrogen-bond acceptors (Lipinski definition) is 7. The molecule has 1 saturated heterocycles. The van der Waals surface area contributed by atoms with Crippen LogP contribution in [0.5, 0.6) is 0 Å². The van der Waals surface area contributed by atoms with Crippen molar-refractivity contribution in [2.45, 2.75) is 100 Å². The highest BCUT2D eigenvalue weighted by Crippen LogP contribution is 2.45. The molecule has 3 fully saturated rings. The molecule has 2 aliphatic heterocycles. The monoisotopic (exact) mass is 680 g/mol. The van der Waals surface area contributed by atoms with Crippen LogP contribution in [0.4, 0.5) is 4.79 Å². The molecule has 3 N–H and O–H groups in total. The summed E-state index contributed by atoms with van der Waals surface area (Å²) >= 11 is 0. The highest BCUT2D eigenvalue weighted by Gasteiger charge is 2.61. The number of fused-ring (bicyclic) bond motifs is 2. The van der Waals surface area contributed by atoms with Crippen LogP contribution in [0.15, 0.2) is 72.8 Å². The highest BCUT2D eigenvalue weighted by molar-refractivity contribution is 5.96. The molecule has 0 radical (unpaired) electrons. The summed E-state index contributed by atoms with van der Waals surface area (Å²) in [5.41, 5.74) is 1.67. The van der Waals surface area contributed by atoms with E-state index in [0.717, 1.165) is 56.1 Å². The summed E-state index contributed by atoms with van der Waals surface area (Å²) in [6, 6.07) is 17.0. The van der Waals surface area contributed by atoms with E-state index in [1.807, 2.05) is 72.8 Å². The lowest BCUT2D eigenvalue weighted by atomic mass is 10.0. The second kappa shape index (κ2) is 14.5. The molecular weight excluding hydrogens is 636 g/mol. The Bertz CT molecular complexity index is 1680. The number of amides is 3. The van der Waals surface area contributed by atoms with E-state index in [4.69, 9.17) is 14.9 Å². The van der Waals surface area contributed by atoms with Gasteiger partial charge in [0.15, 0.2) is 0 Å². The van der Waals surface area contributed by atoms with Crippen molar-refractivity contribution in [1.29, 1.82) is 0 Å². The fraction of sp³-hybridized carbons (Fsp3) is 0.474. The topological polar surface area (TPSA) is 156 Å². The average molecular weight is 681 g/mol. The summed E-state index contributed by atoms with van der Waals surface area (Å²) in [5.74, 6) is -2.37. The summed E-state index contributed by atoms with van der Waals surface area (Å²) in [6.45, 7) is 0.104. The van der Waals surface area contributed by atoms with Gasteiger partial charge in [0, 0.05) is 30.0 Å². The van der Waals surface area contributed by atoms with Crippen LogP contribution in [-0.2, 0) is 19.1 Å². The molecular formula is C38H44N6O6. The first kappa shape index (κ1) is 33.5. The summed E-state index contributed by atoms with van der Waals surface area (Å²) in [4.78, 5) is 57.2. The molecule has 262 valence electrons. The fourth-order valence-corrected chi connectivity index (χ4v) is 7.65. The third-order valence-corrected chi connectivity index (χ3v) is 10.6. The number of nitrogens with zero attached hydrogens (tertiary/aromatic N) is 4. The third kappa shape index (κ3) is 7.01. The van der Waals surface area contributed by atoms with Crippen molar-refractivity contribution >= 4 is 23.9 Å². The first-order valence-corrected chi connectivity index (χ1v) is 17.9. The molecule has 0 spiro atoms. The number of alkyl carbamates (subject to hydrolysis) is 1. The van der Waals surface area contributed by atoms with E-state index in [0.29, 0.717) is 24.2 Å². The minimum Gasteiger partial charge on any atom is -0.479 e. The van der Waals surface area contributed by atoms with E-state index in [1.54, 1.807) is 4.80 Å². The van der Waals surface area contributed by atoms with E-state index < -0.39 is 47.5 Å². The molecule has 3 heterocycles. The van der Waals surface area contributed by atoms with Crippen molar-refractivity contribution in [2.24, 2.45) is 5.92 Å². The lowest BCUT2D eigenvalue weighted by molar-refractivity contribution is -0.145. The number of ether oxygens (including phenoxy) is 1. The summed E-state index contributed by atoms with van der Waals surface area (Å²) in [5, 5.41) is 25.7. The van der Waals surface area contributed by atoms with E-state index in [1.165, 1.54) is 4.90 Å². The smallest absolute Gasteiger partial charge is 0.408 e. The molecule has 7 rings (SSSR count). The van der Waals surface area contributed by atoms with Gasteiger partial charge in [-0.2, -0.15) is 15.0 Å². The zero-order chi connectivity index (χ0) is 34.7. The molecule has 3 amide bonds. The molecule has 1 aromatic heterocycles. The van der Waals surface area contributed by atoms with Crippen LogP contribution < -0.4 is 10.6 Å². The van der Waals surface area contributed by atoms with Crippen molar-refractivity contribution in [3.63, 3.8) is 0 Å². The van der Waals surface area contributed by atoms with E-state index in [9.17, 15) is 24.3 Å². The Labute approximate surface area is 291 Å². The lowest BCUT2D eigenvalue weighted by Crippen LogP contribution is -2.56. The zero-order valence-electron chi connectivity index (χ0n) is 28.1. The average Bonchev–Trinajstić information content (AvgIpc) is 3.56. The van der Waals surface area contributed by atoms with Crippen LogP contribution in [0.2, 0.25) is 0 Å². The van der Waals surface area contributed by atoms with Gasteiger partial charge >= 0.3 is 12.1 Å². The number of nitrogens with one attached hydrogen (secondary N) is 2. The van der Waals surface area contributed by atoms with Gasteiger partial charge in [0.25, 0.3) is 0 Å². The first-order chi connectivity index (χ1) is 24.3. The lowest BCUT2D eigenvalue weighted by Gasteiger charge is -2.29. The molecule has 2 aromatic carbocycles. The molecule has 2 aliphatic carbocycles. The number of hydrogen-bond donors (Lipinski definition) is 3. The maximum absolute atomic E-state index is 14.5. The maximum Gasteiger partial charge on any atom is 0.408 e. The standard InChI is InChI=1S/C38H44N6O6/c45-34-31-22-28(44-41-32(25-14-6-4-7-15-25)33(42-44)26-16-8-5-9-17-26)24-43(31)35(46)30(39-37(49)50-29-19-12-13-20-29)21-11-3-1-2-10-18-27-23-38(27,40-34)36(47)48/h4-10,14-18,27-31H,1-3,11-13,19-24H2,(H,39,49)(H,40,45)(H,47,48)/t27?,28-,30+,31+,38-/m1/s1. The SMILES string of the molecule is O=C(N[C@H]1CCCCCC=CC2C[C@@]2(C(=O)O)NC(=O)[C@@H]2C[C@@H](n3nc(-c4ccccc4)c(-c4ccccc4)n3)CN2C1=O)OC1CCCC1. The summed E-state index contributed by atoms with van der Waals surface area (Å²) in [7, 11) is 0. The first-order valence-electron chi connectivity index (χ1n) is 17.9. The number of carboxylic acid groups (broad SMARTS) is 1. The van der Waals surface area contributed by atoms with Crippen molar-refractivity contribution < 1.29 is 29.0 Å². The third-order valence-electron chi connectivity index (χ3n) is 10.6. The largest absolute Gasteiger partial charge is 0.479 e. The molecule has 12 heteroatoms. The molecule has 5 atom stereocenters. The van der Waals surface area contributed by atoms with Gasteiger partial charge in [-0.25, -0.2) is 9.59 Å². The summed E-state index contributed by atoms with van der Waals surface area (Å²) in [6.07, 6.45) is 10.6. The van der Waals surface area contributed by atoms with Gasteiger partial charge in [0.2, 0.25) is 11.8 Å². The van der Waals surface area contributed by atoms with Crippen LogP contribution in [0.1, 0.15) is 76.7 Å². The molecule has 3 aromatic rings. The van der Waals surface area contributed by atoms with Crippen molar-refractivity contribution in [2.75, 3.05) is 6.54 Å². The normalized spacial score (nSPS) is 27.4. The van der Waals surface area contributed by atoms with E-state index >= 15 is 0 Å². The molecule has 12 nitrogen and oxygen atoms in total. The Morgan fingerprint density at radius 1 is 0.880 bits per heavy atom. The predicted molar refractivity (Wildman–Crippen MR) is 185 cm³/mol. The molecule has 0 bridgehead atoms. The number of carbonyl (C=O) groups excluding carboxylic acids is 3. The molecule has 4 aliphatic rings. The summed E-state index contributed by atoms with van der Waals surface area (Å²) < 4.78 is 5.67. The highest BCUT2D eigenvalue weighted by atomic mass is 16.6. The Balaban J connectivity index is 1.22. The van der Waals surface area contributed by atoms with Gasteiger partial charge in [-0.1, -0.05) is 85.7 Å². The number of aliphatic carboxylic acids is 1. The number of carbonyl (C=O) groups is 4. The van der Waals surface area contributed by atoms with E-state index in [2.05, 4.69) is 10.6 Å². The Morgan fingerprint density at radius 2 is 1.52 bits per heavy atom. The van der Waals surface area contributed by atoms with Crippen LogP contribution in [0.3, 0.4) is 0 Å². The Kier molecular flexibility index (Phi) is 9.69. The minimum atomic E-state index is -1.42. The maximum atomic E-state index is 14.5. The number of carboxylic acids is 1. The molecule has 50 heavy (non-hydrogen) atoms. The van der Waals surface area contributed by atoms with Gasteiger partial charge < -0.3 is 25.4 Å². The van der Waals surface area contributed by atoms with Crippen LogP contribution in [0.25, 0.3) is 22.5 Å². The Hall–Kier alpha value is -5.00. The van der Waals surface area contributed by atoms with Gasteiger partial charge in [-0.05, 0) is 51.4 Å². The molecule has 1 unspecified atom stereocenters. The quantitative estimate of drug-likeness (QED) is 0.298. The van der Waals surface area contributed by atoms with E-state index in [-0.39, 0.29) is 31.4 Å². The van der Waals surface area contributed by atoms with Crippen molar-refractivity contribution in [1.82, 2.24) is 30.5 Å². The number of aromatic nitrogens is 3. The van der Waals surface area contributed by atoms with Crippen molar-refractivity contribution in [3.8, 4) is 22.5 Å². The van der Waals surface area contributed by atoms with Crippen LogP contribution in [-0.4, -0.2) is 79.1 Å². The van der Waals surface area contributed by atoms with Gasteiger partial charge in [0.05, 0.1) is 6.04 Å². The number of benzene rings is 2. The van der Waals surface area contributed by atoms with Crippen molar-refractivity contribution in [3.05, 3.63) is 72.8 Å².